The van der Waals surface area contributed by atoms with E-state index in [1.807, 2.05) is 12.2 Å². The zero-order valence-corrected chi connectivity index (χ0v) is 6.58. The fourth-order valence-electron chi connectivity index (χ4n) is 0.340. The second-order valence-electron chi connectivity index (χ2n) is 1.00. The van der Waals surface area contributed by atoms with Crippen LogP contribution in [0.2, 0.25) is 0 Å². The molecule has 0 saturated carbocycles. The smallest absolute Gasteiger partial charge is 0.273 e. The fourth-order valence-corrected chi connectivity index (χ4v) is 0.340. The van der Waals surface area contributed by atoms with Crippen LogP contribution in [0.3, 0.4) is 0 Å². The molecular weight excluding hydrogens is 200 g/mol. The minimum absolute atomic E-state index is 0. The van der Waals surface area contributed by atoms with Crippen molar-refractivity contribution in [2.45, 2.75) is 6.42 Å². The average molecular weight is 205 g/mol. The average Bonchev–Trinajstić information content (AvgIpc) is 1.76. The van der Waals surface area contributed by atoms with Gasteiger partial charge in [-0.15, -0.1) is 6.42 Å². The van der Waals surface area contributed by atoms with E-state index in [1.54, 1.807) is 0 Å². The van der Waals surface area contributed by atoms with Gasteiger partial charge in [-0.1, -0.05) is 0 Å². The van der Waals surface area contributed by atoms with Crippen LogP contribution in [0.5, 0.6) is 0 Å². The van der Waals surface area contributed by atoms with Crippen LogP contribution < -0.4 is 0 Å². The first-order valence-corrected chi connectivity index (χ1v) is 1.72. The Kier molecular flexibility index (Phi) is 4.60. The van der Waals surface area contributed by atoms with Crippen LogP contribution >= 0.6 is 0 Å². The third kappa shape index (κ3) is 2.11. The zero-order chi connectivity index (χ0) is 3.54. The molecule has 0 aromatic heterocycles. The first-order chi connectivity index (χ1) is 2.50. The molecule has 6 heavy (non-hydrogen) atoms. The molecule has 0 bridgehead atoms. The minimum Gasteiger partial charge on any atom is -0.273 e. The van der Waals surface area contributed by atoms with E-state index in [4.69, 9.17) is 0 Å². The molecule has 1 rings (SSSR count). The molecule has 27 valence electrons. The van der Waals surface area contributed by atoms with Gasteiger partial charge in [-0.3, -0.25) is 6.08 Å². The molecule has 0 atom stereocenters. The predicted octanol–water partition coefficient (Wildman–Crippen LogP) is 1.31. The minimum atomic E-state index is 0. The summed E-state index contributed by atoms with van der Waals surface area (Å²) in [5.41, 5.74) is 0. The topological polar surface area (TPSA) is 0 Å². The van der Waals surface area contributed by atoms with Crippen molar-refractivity contribution < 1.29 is 41.7 Å². The fraction of sp³-hybridized carbons (Fsp3) is 0.200. The van der Waals surface area contributed by atoms with Crippen molar-refractivity contribution in [1.29, 1.82) is 0 Å². The van der Waals surface area contributed by atoms with Crippen molar-refractivity contribution in [2.24, 2.45) is 0 Å². The summed E-state index contributed by atoms with van der Waals surface area (Å²) in [7, 11) is 0. The van der Waals surface area contributed by atoms with Crippen molar-refractivity contribution in [3.63, 3.8) is 0 Å². The van der Waals surface area contributed by atoms with Gasteiger partial charge in [0.2, 0.25) is 0 Å². The second-order valence-corrected chi connectivity index (χ2v) is 1.00. The van der Waals surface area contributed by atoms with E-state index in [2.05, 4.69) is 12.2 Å². The van der Waals surface area contributed by atoms with E-state index in [9.17, 15) is 0 Å². The van der Waals surface area contributed by atoms with E-state index in [0.717, 1.165) is 6.42 Å². The molecule has 0 saturated heterocycles. The summed E-state index contributed by atoms with van der Waals surface area (Å²) in [6.07, 6.45) is 10.0. The number of hydrogen-bond acceptors (Lipinski definition) is 0. The molecule has 1 radical (unpaired) electrons. The SMILES string of the molecule is [C-]1=CC=CC1.[Ce+3]. The summed E-state index contributed by atoms with van der Waals surface area (Å²) < 4.78 is 0. The van der Waals surface area contributed by atoms with Crippen molar-refractivity contribution in [1.82, 2.24) is 0 Å². The monoisotopic (exact) mass is 205 g/mol. The first-order valence-electron chi connectivity index (χ1n) is 1.72. The summed E-state index contributed by atoms with van der Waals surface area (Å²) in [4.78, 5) is 0. The molecule has 0 aromatic rings. The van der Waals surface area contributed by atoms with Crippen LogP contribution in [-0.4, -0.2) is 0 Å². The second kappa shape index (κ2) is 4.03. The normalized spacial score (nSPS) is 14.7. The molecule has 1 aliphatic carbocycles. The standard InChI is InChI=1S/C5H5.Ce/c1-2-4-5-3-1;/h1-3H,4H2;/q-1;+3. The Hall–Kier alpha value is 0.857. The number of hydrogen-bond donors (Lipinski definition) is 0. The van der Waals surface area contributed by atoms with E-state index < -0.39 is 0 Å². The Balaban J connectivity index is 0.000000250. The Morgan fingerprint density at radius 3 is 2.50 bits per heavy atom. The number of allylic oxidation sites excluding steroid dienone is 4. The van der Waals surface area contributed by atoms with Gasteiger partial charge in [0.15, 0.2) is 0 Å². The molecule has 0 N–H and O–H groups in total. The van der Waals surface area contributed by atoms with Crippen molar-refractivity contribution >= 4 is 0 Å². The maximum Gasteiger partial charge on any atom is 3.00 e. The van der Waals surface area contributed by atoms with E-state index in [0.29, 0.717) is 0 Å². The van der Waals surface area contributed by atoms with Crippen LogP contribution in [0.15, 0.2) is 18.2 Å². The molecule has 1 aliphatic rings. The molecule has 0 aromatic carbocycles. The molecule has 0 fully saturated rings. The molecule has 0 heterocycles. The third-order valence-corrected chi connectivity index (χ3v) is 0.586. The van der Waals surface area contributed by atoms with Gasteiger partial charge in [0.05, 0.1) is 0 Å². The van der Waals surface area contributed by atoms with E-state index >= 15 is 0 Å². The quantitative estimate of drug-likeness (QED) is 0.523. The number of rotatable bonds is 0. The van der Waals surface area contributed by atoms with Gasteiger partial charge in [-0.05, 0) is 0 Å². The third-order valence-electron chi connectivity index (χ3n) is 0.586. The van der Waals surface area contributed by atoms with Crippen LogP contribution in [0.4, 0.5) is 0 Å². The van der Waals surface area contributed by atoms with Crippen molar-refractivity contribution in [2.75, 3.05) is 0 Å². The molecule has 1 heteroatoms. The molecule has 0 unspecified atom stereocenters. The van der Waals surface area contributed by atoms with Gasteiger partial charge in [0.25, 0.3) is 0 Å². The summed E-state index contributed by atoms with van der Waals surface area (Å²) in [6.45, 7) is 0. The van der Waals surface area contributed by atoms with Gasteiger partial charge in [0.1, 0.15) is 0 Å². The summed E-state index contributed by atoms with van der Waals surface area (Å²) in [6, 6.07) is 0. The van der Waals surface area contributed by atoms with Crippen LogP contribution in [0.25, 0.3) is 0 Å². The van der Waals surface area contributed by atoms with E-state index in [-0.39, 0.29) is 41.7 Å². The first kappa shape index (κ1) is 6.86. The Morgan fingerprint density at radius 2 is 2.33 bits per heavy atom. The summed E-state index contributed by atoms with van der Waals surface area (Å²) in [5.74, 6) is 0. The molecule has 0 nitrogen and oxygen atoms in total. The van der Waals surface area contributed by atoms with Gasteiger partial charge < -0.3 is 0 Å². The Bertz CT molecular complexity index is 62.0. The maximum absolute atomic E-state index is 2.99. The van der Waals surface area contributed by atoms with Crippen molar-refractivity contribution in [3.05, 3.63) is 24.3 Å². The molecule has 0 aliphatic heterocycles. The largest absolute Gasteiger partial charge is 3.00 e. The van der Waals surface area contributed by atoms with Gasteiger partial charge in [-0.2, -0.15) is 6.08 Å². The van der Waals surface area contributed by atoms with Crippen LogP contribution in [0, 0.1) is 47.8 Å². The Labute approximate surface area is 71.7 Å². The molecule has 0 amide bonds. The molecule has 0 spiro atoms. The zero-order valence-electron chi connectivity index (χ0n) is 3.44. The van der Waals surface area contributed by atoms with Crippen LogP contribution in [-0.2, 0) is 0 Å². The Morgan fingerprint density at radius 1 is 1.50 bits per heavy atom. The van der Waals surface area contributed by atoms with Crippen molar-refractivity contribution in [3.8, 4) is 0 Å². The summed E-state index contributed by atoms with van der Waals surface area (Å²) >= 11 is 0. The molecular formula is C5H5Ce+2. The predicted molar refractivity (Wildman–Crippen MR) is 21.6 cm³/mol. The van der Waals surface area contributed by atoms with Crippen LogP contribution in [0.1, 0.15) is 6.42 Å². The summed E-state index contributed by atoms with van der Waals surface area (Å²) in [5, 5.41) is 0. The maximum atomic E-state index is 2.99. The van der Waals surface area contributed by atoms with Gasteiger partial charge in [0, 0.05) is 0 Å². The van der Waals surface area contributed by atoms with Gasteiger partial charge in [-0.25, -0.2) is 12.2 Å². The van der Waals surface area contributed by atoms with Gasteiger partial charge >= 0.3 is 41.7 Å². The van der Waals surface area contributed by atoms with E-state index in [1.165, 1.54) is 0 Å².